The van der Waals surface area contributed by atoms with Crippen molar-refractivity contribution in [1.29, 1.82) is 0 Å². The van der Waals surface area contributed by atoms with Gasteiger partial charge in [0.25, 0.3) is 0 Å². The first-order chi connectivity index (χ1) is 17.8. The molecule has 0 radical (unpaired) electrons. The summed E-state index contributed by atoms with van der Waals surface area (Å²) in [5, 5.41) is 0. The van der Waals surface area contributed by atoms with Crippen molar-refractivity contribution in [3.63, 3.8) is 0 Å². The summed E-state index contributed by atoms with van der Waals surface area (Å²) in [5.74, 6) is 1.80. The molecule has 4 heterocycles. The van der Waals surface area contributed by atoms with E-state index in [1.165, 1.54) is 17.8 Å². The van der Waals surface area contributed by atoms with Crippen molar-refractivity contribution in [1.82, 2.24) is 15.0 Å². The van der Waals surface area contributed by atoms with Crippen LogP contribution in [0.5, 0.6) is 0 Å². The predicted octanol–water partition coefficient (Wildman–Crippen LogP) is 4.84. The lowest BCUT2D eigenvalue weighted by molar-refractivity contribution is -0.137. The molecule has 2 aliphatic heterocycles. The third-order valence-electron chi connectivity index (χ3n) is 6.84. The average molecular weight is 513 g/mol. The molecule has 10 heteroatoms. The van der Waals surface area contributed by atoms with Gasteiger partial charge >= 0.3 is 6.18 Å². The third-order valence-corrected chi connectivity index (χ3v) is 6.84. The van der Waals surface area contributed by atoms with Crippen molar-refractivity contribution in [2.75, 3.05) is 67.2 Å². The van der Waals surface area contributed by atoms with E-state index in [0.29, 0.717) is 64.3 Å². The maximum atomic E-state index is 13.5. The number of aromatic nitrogens is 3. The molecule has 0 aliphatic carbocycles. The Morgan fingerprint density at radius 1 is 0.838 bits per heavy atom. The van der Waals surface area contributed by atoms with Gasteiger partial charge in [-0.05, 0) is 29.7 Å². The summed E-state index contributed by atoms with van der Waals surface area (Å²) in [4.78, 5) is 19.8. The summed E-state index contributed by atoms with van der Waals surface area (Å²) in [5.41, 5.74) is 2.38. The maximum Gasteiger partial charge on any atom is 0.419 e. The highest BCUT2D eigenvalue weighted by Crippen LogP contribution is 2.36. The van der Waals surface area contributed by atoms with Crippen LogP contribution in [0.15, 0.2) is 48.7 Å². The van der Waals surface area contributed by atoms with E-state index in [0.717, 1.165) is 23.1 Å². The van der Waals surface area contributed by atoms with E-state index in [-0.39, 0.29) is 5.82 Å². The largest absolute Gasteiger partial charge is 0.419 e. The van der Waals surface area contributed by atoms with Gasteiger partial charge in [0.15, 0.2) is 0 Å². The SMILES string of the molecule is CC(C)c1cccc(-c2cc(N3CCN(c4ncccc4C(F)(F)F)CC3)nc(N3CCOCC3)n2)c1. The molecule has 2 fully saturated rings. The van der Waals surface area contributed by atoms with E-state index in [1.54, 1.807) is 4.90 Å². The Hall–Kier alpha value is -3.40. The minimum atomic E-state index is -4.44. The average Bonchev–Trinajstić information content (AvgIpc) is 2.93. The van der Waals surface area contributed by atoms with Crippen molar-refractivity contribution in [3.8, 4) is 11.3 Å². The van der Waals surface area contributed by atoms with Gasteiger partial charge in [0, 0.05) is 57.1 Å². The Labute approximate surface area is 214 Å². The standard InChI is InChI=1S/C27H31F3N6O/c1-19(2)20-5-3-6-21(17-20)23-18-24(33-26(32-23)36-13-15-37-16-14-36)34-9-11-35(12-10-34)25-22(27(28,29)30)7-4-8-31-25/h3-8,17-19H,9-16H2,1-2H3. The van der Waals surface area contributed by atoms with Crippen LogP contribution < -0.4 is 14.7 Å². The zero-order chi connectivity index (χ0) is 26.0. The van der Waals surface area contributed by atoms with Crippen LogP contribution in [-0.4, -0.2) is 67.4 Å². The lowest BCUT2D eigenvalue weighted by Crippen LogP contribution is -2.48. The number of morpholine rings is 1. The van der Waals surface area contributed by atoms with Crippen LogP contribution in [-0.2, 0) is 10.9 Å². The molecule has 2 aliphatic rings. The van der Waals surface area contributed by atoms with E-state index < -0.39 is 11.7 Å². The molecule has 0 spiro atoms. The summed E-state index contributed by atoms with van der Waals surface area (Å²) in [6.07, 6.45) is -3.03. The van der Waals surface area contributed by atoms with Crippen molar-refractivity contribution in [2.24, 2.45) is 0 Å². The summed E-state index contributed by atoms with van der Waals surface area (Å²) in [7, 11) is 0. The molecule has 0 amide bonds. The number of ether oxygens (including phenoxy) is 1. The second-order valence-corrected chi connectivity index (χ2v) is 9.64. The van der Waals surface area contributed by atoms with Gasteiger partial charge < -0.3 is 19.4 Å². The van der Waals surface area contributed by atoms with E-state index in [9.17, 15) is 13.2 Å². The van der Waals surface area contributed by atoms with Crippen LogP contribution in [0, 0.1) is 0 Å². The van der Waals surface area contributed by atoms with Gasteiger partial charge in [-0.1, -0.05) is 32.0 Å². The number of pyridine rings is 1. The molecule has 0 N–H and O–H groups in total. The summed E-state index contributed by atoms with van der Waals surface area (Å²) in [6.45, 7) is 8.86. The zero-order valence-corrected chi connectivity index (χ0v) is 21.1. The van der Waals surface area contributed by atoms with Crippen LogP contribution in [0.1, 0.15) is 30.9 Å². The third kappa shape index (κ3) is 5.64. The zero-order valence-electron chi connectivity index (χ0n) is 21.1. The van der Waals surface area contributed by atoms with Crippen molar-refractivity contribution in [2.45, 2.75) is 25.9 Å². The molecule has 0 atom stereocenters. The molecule has 2 aromatic heterocycles. The van der Waals surface area contributed by atoms with Gasteiger partial charge in [0.1, 0.15) is 11.6 Å². The van der Waals surface area contributed by atoms with Crippen LogP contribution in [0.4, 0.5) is 30.8 Å². The lowest BCUT2D eigenvalue weighted by Gasteiger charge is -2.37. The molecule has 0 saturated carbocycles. The molecule has 0 unspecified atom stereocenters. The minimum Gasteiger partial charge on any atom is -0.378 e. The normalized spacial score (nSPS) is 17.0. The summed E-state index contributed by atoms with van der Waals surface area (Å²) in [6, 6.07) is 12.8. The molecule has 1 aromatic carbocycles. The Bertz CT molecular complexity index is 1220. The lowest BCUT2D eigenvalue weighted by atomic mass is 9.99. The van der Waals surface area contributed by atoms with Gasteiger partial charge in [-0.2, -0.15) is 18.2 Å². The van der Waals surface area contributed by atoms with Gasteiger partial charge in [0.05, 0.1) is 24.5 Å². The Morgan fingerprint density at radius 3 is 2.27 bits per heavy atom. The second kappa shape index (κ2) is 10.5. The monoisotopic (exact) mass is 512 g/mol. The second-order valence-electron chi connectivity index (χ2n) is 9.64. The number of nitrogens with zero attached hydrogens (tertiary/aromatic N) is 6. The number of piperazine rings is 1. The maximum absolute atomic E-state index is 13.5. The molecule has 0 bridgehead atoms. The van der Waals surface area contributed by atoms with E-state index in [2.05, 4.69) is 46.8 Å². The van der Waals surface area contributed by atoms with Gasteiger partial charge in [-0.15, -0.1) is 0 Å². The molecular weight excluding hydrogens is 481 g/mol. The number of hydrogen-bond acceptors (Lipinski definition) is 7. The minimum absolute atomic E-state index is 0.0162. The summed E-state index contributed by atoms with van der Waals surface area (Å²) < 4.78 is 46.1. The van der Waals surface area contributed by atoms with Crippen LogP contribution >= 0.6 is 0 Å². The fraction of sp³-hybridized carbons (Fsp3) is 0.444. The number of anilines is 3. The topological polar surface area (TPSA) is 57.6 Å². The molecule has 196 valence electrons. The molecule has 3 aromatic rings. The van der Waals surface area contributed by atoms with Crippen LogP contribution in [0.25, 0.3) is 11.3 Å². The van der Waals surface area contributed by atoms with Gasteiger partial charge in [0.2, 0.25) is 5.95 Å². The number of halogens is 3. The fourth-order valence-electron chi connectivity index (χ4n) is 4.71. The first kappa shape index (κ1) is 25.3. The van der Waals surface area contributed by atoms with E-state index >= 15 is 0 Å². The molecule has 7 nitrogen and oxygen atoms in total. The van der Waals surface area contributed by atoms with E-state index in [1.807, 2.05) is 12.1 Å². The number of benzene rings is 1. The molecule has 5 rings (SSSR count). The number of alkyl halides is 3. The Morgan fingerprint density at radius 2 is 1.57 bits per heavy atom. The highest BCUT2D eigenvalue weighted by Gasteiger charge is 2.36. The van der Waals surface area contributed by atoms with Crippen molar-refractivity contribution < 1.29 is 17.9 Å². The Kier molecular flexibility index (Phi) is 7.19. The number of hydrogen-bond donors (Lipinski definition) is 0. The van der Waals surface area contributed by atoms with Gasteiger partial charge in [-0.3, -0.25) is 0 Å². The molecular formula is C27H31F3N6O. The Balaban J connectivity index is 1.43. The number of rotatable bonds is 5. The van der Waals surface area contributed by atoms with Gasteiger partial charge in [-0.25, -0.2) is 9.97 Å². The summed E-state index contributed by atoms with van der Waals surface area (Å²) >= 11 is 0. The quantitative estimate of drug-likeness (QED) is 0.485. The first-order valence-electron chi connectivity index (χ1n) is 12.6. The van der Waals surface area contributed by atoms with Crippen LogP contribution in [0.3, 0.4) is 0 Å². The highest BCUT2D eigenvalue weighted by atomic mass is 19.4. The molecule has 2 saturated heterocycles. The molecule has 37 heavy (non-hydrogen) atoms. The first-order valence-corrected chi connectivity index (χ1v) is 12.6. The fourth-order valence-corrected chi connectivity index (χ4v) is 4.71. The highest BCUT2D eigenvalue weighted by molar-refractivity contribution is 5.66. The smallest absolute Gasteiger partial charge is 0.378 e. The van der Waals surface area contributed by atoms with Crippen molar-refractivity contribution >= 4 is 17.6 Å². The van der Waals surface area contributed by atoms with Crippen molar-refractivity contribution in [3.05, 3.63) is 59.8 Å². The predicted molar refractivity (Wildman–Crippen MR) is 138 cm³/mol. The van der Waals surface area contributed by atoms with E-state index in [4.69, 9.17) is 14.7 Å². The van der Waals surface area contributed by atoms with Crippen LogP contribution in [0.2, 0.25) is 0 Å².